The van der Waals surface area contributed by atoms with Gasteiger partial charge >= 0.3 is 0 Å². The van der Waals surface area contributed by atoms with Gasteiger partial charge in [0.2, 0.25) is 10.0 Å². The van der Waals surface area contributed by atoms with Crippen molar-refractivity contribution in [3.05, 3.63) is 16.3 Å². The summed E-state index contributed by atoms with van der Waals surface area (Å²) in [6.07, 6.45) is 4.41. The first-order valence-corrected chi connectivity index (χ1v) is 10.0. The average molecular weight is 331 g/mol. The van der Waals surface area contributed by atoms with E-state index in [0.29, 0.717) is 23.3 Å². The molecule has 21 heavy (non-hydrogen) atoms. The summed E-state index contributed by atoms with van der Waals surface area (Å²) in [4.78, 5) is 1.45. The molecule has 6 heteroatoms. The van der Waals surface area contributed by atoms with Gasteiger partial charge < -0.3 is 5.32 Å². The first-order chi connectivity index (χ1) is 9.94. The Morgan fingerprint density at radius 1 is 1.33 bits per heavy atom. The lowest BCUT2D eigenvalue weighted by Crippen LogP contribution is -2.43. The highest BCUT2D eigenvalue weighted by atomic mass is 32.2. The smallest absolute Gasteiger partial charge is 0.241 e. The van der Waals surface area contributed by atoms with Crippen LogP contribution in [0.5, 0.6) is 0 Å². The molecular weight excluding hydrogens is 304 g/mol. The van der Waals surface area contributed by atoms with E-state index in [1.54, 1.807) is 11.4 Å². The number of hydrogen-bond acceptors (Lipinski definition) is 4. The molecule has 1 aromatic heterocycles. The summed E-state index contributed by atoms with van der Waals surface area (Å²) >= 11 is 1.49. The van der Waals surface area contributed by atoms with Gasteiger partial charge in [-0.1, -0.05) is 26.7 Å². The maximum Gasteiger partial charge on any atom is 0.241 e. The first kappa shape index (κ1) is 16.9. The number of hydrogen-bond donors (Lipinski definition) is 2. The predicted molar refractivity (Wildman–Crippen MR) is 88.0 cm³/mol. The van der Waals surface area contributed by atoms with E-state index in [1.807, 2.05) is 7.05 Å². The monoisotopic (exact) mass is 330 g/mol. The van der Waals surface area contributed by atoms with Crippen molar-refractivity contribution in [2.45, 2.75) is 57.0 Å². The van der Waals surface area contributed by atoms with Crippen molar-refractivity contribution in [1.82, 2.24) is 10.0 Å². The summed E-state index contributed by atoms with van der Waals surface area (Å²) in [7, 11) is -1.53. The van der Waals surface area contributed by atoms with Crippen molar-refractivity contribution in [1.29, 1.82) is 0 Å². The molecule has 0 radical (unpaired) electrons. The Balaban J connectivity index is 2.11. The highest BCUT2D eigenvalue weighted by Crippen LogP contribution is 2.31. The molecule has 0 amide bonds. The predicted octanol–water partition coefficient (Wildman–Crippen LogP) is 2.96. The Hall–Kier alpha value is -0.430. The number of sulfonamides is 1. The summed E-state index contributed by atoms with van der Waals surface area (Å²) in [6.45, 7) is 5.08. The summed E-state index contributed by atoms with van der Waals surface area (Å²) in [5, 5.41) is 4.79. The molecule has 2 atom stereocenters. The first-order valence-electron chi connectivity index (χ1n) is 7.68. The summed E-state index contributed by atoms with van der Waals surface area (Å²) in [5.74, 6) is 0.962. The topological polar surface area (TPSA) is 58.2 Å². The van der Waals surface area contributed by atoms with Gasteiger partial charge in [0.1, 0.15) is 0 Å². The standard InChI is InChI=1S/C15H26N2O2S2/c1-11(2)14-6-4-5-7-15(14)17-21(18,19)13-8-12(9-16-3)20-10-13/h8,10-11,14-17H,4-7,9H2,1-3H3. The van der Waals surface area contributed by atoms with Gasteiger partial charge in [-0.15, -0.1) is 11.3 Å². The third-order valence-electron chi connectivity index (χ3n) is 4.27. The van der Waals surface area contributed by atoms with E-state index >= 15 is 0 Å². The second-order valence-corrected chi connectivity index (χ2v) is 8.91. The van der Waals surface area contributed by atoms with Gasteiger partial charge in [0.25, 0.3) is 0 Å². The fourth-order valence-electron chi connectivity index (χ4n) is 3.14. The van der Waals surface area contributed by atoms with Crippen molar-refractivity contribution in [2.75, 3.05) is 7.05 Å². The van der Waals surface area contributed by atoms with Crippen molar-refractivity contribution < 1.29 is 8.42 Å². The van der Waals surface area contributed by atoms with Crippen molar-refractivity contribution >= 4 is 21.4 Å². The molecule has 1 heterocycles. The summed E-state index contributed by atoms with van der Waals surface area (Å²) in [6, 6.07) is 1.85. The van der Waals surface area contributed by atoms with Crippen LogP contribution in [-0.4, -0.2) is 21.5 Å². The SMILES string of the molecule is CNCc1cc(S(=O)(=O)NC2CCCCC2C(C)C)cs1. The number of nitrogens with one attached hydrogen (secondary N) is 2. The lowest BCUT2D eigenvalue weighted by molar-refractivity contribution is 0.226. The molecule has 1 fully saturated rings. The lowest BCUT2D eigenvalue weighted by Gasteiger charge is -2.34. The Labute approximate surface area is 132 Å². The van der Waals surface area contributed by atoms with Crippen LogP contribution in [0.3, 0.4) is 0 Å². The quantitative estimate of drug-likeness (QED) is 0.843. The Morgan fingerprint density at radius 3 is 2.71 bits per heavy atom. The van der Waals surface area contributed by atoms with Crippen LogP contribution in [0.25, 0.3) is 0 Å². The molecule has 2 rings (SSSR count). The van der Waals surface area contributed by atoms with Gasteiger partial charge in [0, 0.05) is 22.8 Å². The Bertz CT molecular complexity index is 552. The van der Waals surface area contributed by atoms with Gasteiger partial charge in [0.05, 0.1) is 4.90 Å². The molecule has 1 aliphatic carbocycles. The zero-order valence-electron chi connectivity index (χ0n) is 13.1. The highest BCUT2D eigenvalue weighted by molar-refractivity contribution is 7.89. The number of rotatable bonds is 6. The fourth-order valence-corrected chi connectivity index (χ4v) is 5.75. The van der Waals surface area contributed by atoms with E-state index in [9.17, 15) is 8.42 Å². The van der Waals surface area contributed by atoms with Crippen molar-refractivity contribution in [3.8, 4) is 0 Å². The van der Waals surface area contributed by atoms with Crippen LogP contribution in [0, 0.1) is 11.8 Å². The molecule has 1 aliphatic rings. The van der Waals surface area contributed by atoms with Crippen LogP contribution in [-0.2, 0) is 16.6 Å². The third-order valence-corrected chi connectivity index (χ3v) is 6.83. The van der Waals surface area contributed by atoms with Gasteiger partial charge in [0.15, 0.2) is 0 Å². The molecule has 0 saturated heterocycles. The van der Waals surface area contributed by atoms with Gasteiger partial charge in [-0.25, -0.2) is 13.1 Å². The van der Waals surface area contributed by atoms with Crippen molar-refractivity contribution in [2.24, 2.45) is 11.8 Å². The normalized spacial score (nSPS) is 23.6. The molecule has 2 unspecified atom stereocenters. The summed E-state index contributed by atoms with van der Waals surface area (Å²) < 4.78 is 28.1. The zero-order chi connectivity index (χ0) is 15.5. The third kappa shape index (κ3) is 4.28. The molecule has 1 aromatic rings. The Kier molecular flexibility index (Phi) is 5.82. The second kappa shape index (κ2) is 7.22. The molecule has 0 aromatic carbocycles. The molecule has 0 aliphatic heterocycles. The van der Waals surface area contributed by atoms with Gasteiger partial charge in [-0.05, 0) is 37.8 Å². The average Bonchev–Trinajstić information content (AvgIpc) is 2.88. The molecule has 0 spiro atoms. The molecule has 1 saturated carbocycles. The highest BCUT2D eigenvalue weighted by Gasteiger charge is 2.31. The van der Waals surface area contributed by atoms with E-state index in [0.717, 1.165) is 24.1 Å². The van der Waals surface area contributed by atoms with Crippen molar-refractivity contribution in [3.63, 3.8) is 0 Å². The van der Waals surface area contributed by atoms with Crippen LogP contribution in [0.1, 0.15) is 44.4 Å². The van der Waals surface area contributed by atoms with E-state index in [2.05, 4.69) is 23.9 Å². The minimum Gasteiger partial charge on any atom is -0.315 e. The molecule has 2 N–H and O–H groups in total. The fraction of sp³-hybridized carbons (Fsp3) is 0.733. The molecule has 0 bridgehead atoms. The summed E-state index contributed by atoms with van der Waals surface area (Å²) in [5.41, 5.74) is 0. The van der Waals surface area contributed by atoms with Crippen LogP contribution < -0.4 is 10.0 Å². The van der Waals surface area contributed by atoms with Crippen LogP contribution >= 0.6 is 11.3 Å². The van der Waals surface area contributed by atoms with Crippen LogP contribution in [0.4, 0.5) is 0 Å². The van der Waals surface area contributed by atoms with Gasteiger partial charge in [-0.3, -0.25) is 0 Å². The van der Waals surface area contributed by atoms with Crippen LogP contribution in [0.2, 0.25) is 0 Å². The number of thiophene rings is 1. The lowest BCUT2D eigenvalue weighted by atomic mass is 9.78. The zero-order valence-corrected chi connectivity index (χ0v) is 14.7. The minimum absolute atomic E-state index is 0.0800. The molecule has 120 valence electrons. The van der Waals surface area contributed by atoms with Gasteiger partial charge in [-0.2, -0.15) is 0 Å². The van der Waals surface area contributed by atoms with E-state index in [-0.39, 0.29) is 6.04 Å². The van der Waals surface area contributed by atoms with E-state index < -0.39 is 10.0 Å². The largest absolute Gasteiger partial charge is 0.315 e. The molecule has 4 nitrogen and oxygen atoms in total. The van der Waals surface area contributed by atoms with E-state index in [4.69, 9.17) is 0 Å². The maximum atomic E-state index is 12.6. The van der Waals surface area contributed by atoms with Crippen LogP contribution in [0.15, 0.2) is 16.3 Å². The maximum absolute atomic E-state index is 12.6. The second-order valence-electron chi connectivity index (χ2n) is 6.20. The minimum atomic E-state index is -3.39. The molecular formula is C15H26N2O2S2. The van der Waals surface area contributed by atoms with E-state index in [1.165, 1.54) is 17.8 Å². The Morgan fingerprint density at radius 2 is 2.05 bits per heavy atom.